The molecule has 1 amide bonds. The Morgan fingerprint density at radius 3 is 2.00 bits per heavy atom. The van der Waals surface area contributed by atoms with Crippen LogP contribution in [-0.2, 0) is 17.8 Å². The number of hydrogen-bond acceptors (Lipinski definition) is 4. The number of Topliss-reactive ketones (excluding diaryl/α,β-unsaturated/α-hetero) is 1. The summed E-state index contributed by atoms with van der Waals surface area (Å²) in [4.78, 5) is 27.5. The van der Waals surface area contributed by atoms with E-state index in [1.165, 1.54) is 82.6 Å². The van der Waals surface area contributed by atoms with Gasteiger partial charge in [0, 0.05) is 24.3 Å². The number of nitrogens with one attached hydrogen (secondary N) is 1. The van der Waals surface area contributed by atoms with E-state index in [4.69, 9.17) is 4.74 Å². The predicted octanol–water partition coefficient (Wildman–Crippen LogP) is 9.82. The van der Waals surface area contributed by atoms with E-state index in [0.29, 0.717) is 17.9 Å². The van der Waals surface area contributed by atoms with Gasteiger partial charge in [0.1, 0.15) is 5.75 Å². The number of rotatable bonds is 22. The fourth-order valence-electron chi connectivity index (χ4n) is 5.57. The van der Waals surface area contributed by atoms with Gasteiger partial charge in [-0.3, -0.25) is 9.59 Å². The maximum Gasteiger partial charge on any atom is 0.228 e. The lowest BCUT2D eigenvalue weighted by molar-refractivity contribution is -0.115. The summed E-state index contributed by atoms with van der Waals surface area (Å²) in [5.74, 6) is 0.380. The number of benzene rings is 2. The minimum Gasteiger partial charge on any atom is -0.493 e. The molecule has 1 N–H and O–H groups in total. The van der Waals surface area contributed by atoms with Crippen molar-refractivity contribution in [3.63, 3.8) is 0 Å². The van der Waals surface area contributed by atoms with Crippen molar-refractivity contribution >= 4 is 17.4 Å². The van der Waals surface area contributed by atoms with Gasteiger partial charge in [0.25, 0.3) is 0 Å². The van der Waals surface area contributed by atoms with E-state index in [2.05, 4.69) is 35.5 Å². The van der Waals surface area contributed by atoms with Gasteiger partial charge >= 0.3 is 0 Å². The van der Waals surface area contributed by atoms with Crippen molar-refractivity contribution < 1.29 is 14.3 Å². The SMILES string of the molecule is CCCCCCCCCCCCCCCCOc1c(CC(=O)Nc2ccc(CN3C=CC=CC3)cc2)cccc1C(C)=O. The van der Waals surface area contributed by atoms with Gasteiger partial charge < -0.3 is 15.0 Å². The Bertz CT molecular complexity index is 1150. The van der Waals surface area contributed by atoms with Crippen LogP contribution in [0.4, 0.5) is 5.69 Å². The summed E-state index contributed by atoms with van der Waals surface area (Å²) < 4.78 is 6.16. The number of hydrogen-bond donors (Lipinski definition) is 1. The summed E-state index contributed by atoms with van der Waals surface area (Å²) in [6.45, 7) is 6.11. The van der Waals surface area contributed by atoms with Gasteiger partial charge in [-0.15, -0.1) is 0 Å². The van der Waals surface area contributed by atoms with E-state index < -0.39 is 0 Å². The molecule has 0 unspecified atom stereocenters. The van der Waals surface area contributed by atoms with Crippen molar-refractivity contribution in [2.75, 3.05) is 18.5 Å². The molecule has 5 nitrogen and oxygen atoms in total. The molecular formula is C38H54N2O3. The highest BCUT2D eigenvalue weighted by Gasteiger charge is 2.16. The molecule has 0 aromatic heterocycles. The molecule has 0 saturated heterocycles. The van der Waals surface area contributed by atoms with Crippen molar-refractivity contribution in [2.24, 2.45) is 0 Å². The molecule has 1 heterocycles. The van der Waals surface area contributed by atoms with Gasteiger partial charge in [-0.05, 0) is 49.4 Å². The molecule has 3 rings (SSSR count). The van der Waals surface area contributed by atoms with Crippen LogP contribution in [0, 0.1) is 0 Å². The molecule has 0 saturated carbocycles. The maximum absolute atomic E-state index is 13.0. The molecule has 5 heteroatoms. The first-order valence-electron chi connectivity index (χ1n) is 16.8. The molecule has 2 aromatic rings. The van der Waals surface area contributed by atoms with Crippen LogP contribution in [0.3, 0.4) is 0 Å². The van der Waals surface area contributed by atoms with Crippen molar-refractivity contribution in [3.8, 4) is 5.75 Å². The largest absolute Gasteiger partial charge is 0.493 e. The highest BCUT2D eigenvalue weighted by Crippen LogP contribution is 2.26. The van der Waals surface area contributed by atoms with Crippen molar-refractivity contribution in [1.82, 2.24) is 4.90 Å². The summed E-state index contributed by atoms with van der Waals surface area (Å²) in [6, 6.07) is 13.5. The topological polar surface area (TPSA) is 58.6 Å². The molecule has 0 atom stereocenters. The molecule has 0 fully saturated rings. The second-order valence-electron chi connectivity index (χ2n) is 11.9. The average Bonchev–Trinajstić information content (AvgIpc) is 3.01. The average molecular weight is 587 g/mol. The van der Waals surface area contributed by atoms with Crippen LogP contribution >= 0.6 is 0 Å². The van der Waals surface area contributed by atoms with Crippen LogP contribution in [0.15, 0.2) is 66.9 Å². The summed E-state index contributed by atoms with van der Waals surface area (Å²) in [5, 5.41) is 3.00. The highest BCUT2D eigenvalue weighted by molar-refractivity contribution is 5.98. The molecule has 1 aliphatic heterocycles. The van der Waals surface area contributed by atoms with E-state index >= 15 is 0 Å². The number of anilines is 1. The van der Waals surface area contributed by atoms with Crippen molar-refractivity contribution in [2.45, 2.75) is 117 Å². The maximum atomic E-state index is 13.0. The molecule has 43 heavy (non-hydrogen) atoms. The van der Waals surface area contributed by atoms with Gasteiger partial charge in [-0.2, -0.15) is 0 Å². The van der Waals surface area contributed by atoms with E-state index in [9.17, 15) is 9.59 Å². The molecule has 234 valence electrons. The Kier molecular flexibility index (Phi) is 16.3. The van der Waals surface area contributed by atoms with Gasteiger partial charge in [0.2, 0.25) is 5.91 Å². The normalized spacial score (nSPS) is 12.5. The van der Waals surface area contributed by atoms with Crippen molar-refractivity contribution in [1.29, 1.82) is 0 Å². The number of unbranched alkanes of at least 4 members (excludes halogenated alkanes) is 13. The highest BCUT2D eigenvalue weighted by atomic mass is 16.5. The lowest BCUT2D eigenvalue weighted by atomic mass is 10.0. The first-order chi connectivity index (χ1) is 21.1. The van der Waals surface area contributed by atoms with Gasteiger partial charge in [-0.25, -0.2) is 0 Å². The minimum absolute atomic E-state index is 0.0483. The molecule has 0 spiro atoms. The fraction of sp³-hybridized carbons (Fsp3) is 0.526. The van der Waals surface area contributed by atoms with E-state index in [-0.39, 0.29) is 18.1 Å². The zero-order chi connectivity index (χ0) is 30.5. The van der Waals surface area contributed by atoms with Crippen molar-refractivity contribution in [3.05, 3.63) is 83.6 Å². The third-order valence-corrected chi connectivity index (χ3v) is 8.08. The van der Waals surface area contributed by atoms with Gasteiger partial charge in [0.05, 0.1) is 18.6 Å². The van der Waals surface area contributed by atoms with Crippen LogP contribution in [0.25, 0.3) is 0 Å². The number of amides is 1. The van der Waals surface area contributed by atoms with Crippen LogP contribution in [-0.4, -0.2) is 29.7 Å². The third-order valence-electron chi connectivity index (χ3n) is 8.08. The Labute approximate surface area is 260 Å². The van der Waals surface area contributed by atoms with Crippen LogP contribution in [0.5, 0.6) is 5.75 Å². The Balaban J connectivity index is 1.36. The van der Waals surface area contributed by atoms with E-state index in [1.807, 2.05) is 42.5 Å². The monoisotopic (exact) mass is 586 g/mol. The quantitative estimate of drug-likeness (QED) is 0.110. The molecule has 0 bridgehead atoms. The van der Waals surface area contributed by atoms with Gasteiger partial charge in [-0.1, -0.05) is 127 Å². The fourth-order valence-corrected chi connectivity index (χ4v) is 5.57. The molecular weight excluding hydrogens is 532 g/mol. The summed E-state index contributed by atoms with van der Waals surface area (Å²) >= 11 is 0. The smallest absolute Gasteiger partial charge is 0.228 e. The Morgan fingerprint density at radius 1 is 0.791 bits per heavy atom. The zero-order valence-electron chi connectivity index (χ0n) is 26.8. The Hall–Kier alpha value is -3.34. The number of ether oxygens (including phenoxy) is 1. The number of nitrogens with zero attached hydrogens (tertiary/aromatic N) is 1. The third kappa shape index (κ3) is 13.7. The van der Waals surface area contributed by atoms with Crippen LogP contribution in [0.2, 0.25) is 0 Å². The first kappa shape index (κ1) is 34.2. The molecule has 0 radical (unpaired) electrons. The van der Waals surface area contributed by atoms with Crippen LogP contribution in [0.1, 0.15) is 125 Å². The first-order valence-corrected chi connectivity index (χ1v) is 16.8. The van der Waals surface area contributed by atoms with Gasteiger partial charge in [0.15, 0.2) is 5.78 Å². The summed E-state index contributed by atoms with van der Waals surface area (Å²) in [6.07, 6.45) is 26.8. The van der Waals surface area contributed by atoms with Crippen LogP contribution < -0.4 is 10.1 Å². The number of para-hydroxylation sites is 1. The molecule has 1 aliphatic rings. The van der Waals surface area contributed by atoms with E-state index in [0.717, 1.165) is 37.2 Å². The standard InChI is InChI=1S/C38H54N2O3/c1-3-4-5-6-7-8-9-10-11-12-13-14-15-19-29-43-38-34(21-20-22-36(38)32(2)41)30-37(42)39-35-25-23-33(24-26-35)31-40-27-17-16-18-28-40/h16-18,20-27H,3-15,19,28-31H2,1-2H3,(H,39,42). The van der Waals surface area contributed by atoms with E-state index in [1.54, 1.807) is 13.0 Å². The zero-order valence-corrected chi connectivity index (χ0v) is 26.8. The number of ketones is 1. The lowest BCUT2D eigenvalue weighted by Gasteiger charge is -2.20. The Morgan fingerprint density at radius 2 is 1.42 bits per heavy atom. The molecule has 2 aromatic carbocycles. The number of carbonyl (C=O) groups excluding carboxylic acids is 2. The second kappa shape index (κ2) is 20.5. The lowest BCUT2D eigenvalue weighted by Crippen LogP contribution is -2.18. The number of carbonyl (C=O) groups is 2. The summed E-state index contributed by atoms with van der Waals surface area (Å²) in [7, 11) is 0. The second-order valence-corrected chi connectivity index (χ2v) is 11.9. The summed E-state index contributed by atoms with van der Waals surface area (Å²) in [5.41, 5.74) is 3.24. The molecule has 0 aliphatic carbocycles. The predicted molar refractivity (Wildman–Crippen MR) is 180 cm³/mol. The minimum atomic E-state index is -0.126. The number of allylic oxidation sites excluding steroid dienone is 2.